The van der Waals surface area contributed by atoms with Gasteiger partial charge in [-0.1, -0.05) is 48.5 Å². The van der Waals surface area contributed by atoms with Gasteiger partial charge in [-0.15, -0.1) is 0 Å². The van der Waals surface area contributed by atoms with Crippen LogP contribution in [0, 0.1) is 5.92 Å². The minimum atomic E-state index is -2.27. The molecule has 1 aromatic heterocycles. The van der Waals surface area contributed by atoms with Gasteiger partial charge in [0.25, 0.3) is 0 Å². The summed E-state index contributed by atoms with van der Waals surface area (Å²) in [7, 11) is 0. The fraction of sp³-hybridized carbons (Fsp3) is 0.370. The summed E-state index contributed by atoms with van der Waals surface area (Å²) in [5.41, 5.74) is 4.66. The Morgan fingerprint density at radius 3 is 2.17 bits per heavy atom. The number of ether oxygens (including phenoxy) is 1. The second-order valence-corrected chi connectivity index (χ2v) is 25.5. The molecule has 6 nitrogen and oxygen atoms in total. The Kier molecular flexibility index (Phi) is 7.86. The topological polar surface area (TPSA) is 80.3 Å². The van der Waals surface area contributed by atoms with E-state index in [-0.39, 0.29) is 36.9 Å². The number of rotatable bonds is 8. The number of fused-ring (bicyclic) bond motifs is 3. The Morgan fingerprint density at radius 1 is 1.03 bits per heavy atom. The average molecular weight is 598 g/mol. The van der Waals surface area contributed by atoms with Crippen LogP contribution >= 0.6 is 11.3 Å². The van der Waals surface area contributed by atoms with Gasteiger partial charge in [0.05, 0.1) is 0 Å². The molecule has 0 spiro atoms. The predicted molar refractivity (Wildman–Crippen MR) is 144 cm³/mol. The first-order valence-corrected chi connectivity index (χ1v) is 22.9. The van der Waals surface area contributed by atoms with Gasteiger partial charge in [0, 0.05) is 0 Å². The molecule has 3 aromatic rings. The molecule has 4 rings (SSSR count). The molecule has 1 atom stereocenters. The standard InChI is InChI=1S/C24H24N3O3S.3CH3.Sn/c1-15(2)22(23-25-11-12-31-23)27-21(28)13-26-24(29)30-14-20-18-9-5-3-7-16(18)17-8-4-6-10-19(17)20;;;;/h3-10,12,15,20,22H,13-14H2,1-2H3,(H,26,29)(H,27,28);3*1H3;/t22-;;;;/m0..../s1. The third-order valence-corrected chi connectivity index (χ3v) is 12.9. The molecular formula is C27H33N3O3SSn. The first-order valence-electron chi connectivity index (χ1n) is 12.0. The van der Waals surface area contributed by atoms with Crippen LogP contribution in [0.5, 0.6) is 0 Å². The number of amides is 2. The molecule has 0 unspecified atom stereocenters. The summed E-state index contributed by atoms with van der Waals surface area (Å²) in [5, 5.41) is 8.71. The van der Waals surface area contributed by atoms with Gasteiger partial charge in [0.15, 0.2) is 0 Å². The van der Waals surface area contributed by atoms with Crippen LogP contribution in [0.4, 0.5) is 4.79 Å². The zero-order valence-electron chi connectivity index (χ0n) is 20.9. The summed E-state index contributed by atoms with van der Waals surface area (Å²) in [5.74, 6) is -0.0876. The number of alkyl carbamates (subject to hydrolysis) is 1. The minimum absolute atomic E-state index is 0.0143. The van der Waals surface area contributed by atoms with Gasteiger partial charge in [-0.25, -0.2) is 0 Å². The molecule has 8 heteroatoms. The van der Waals surface area contributed by atoms with E-state index in [0.717, 1.165) is 16.1 Å². The van der Waals surface area contributed by atoms with Crippen molar-refractivity contribution in [2.24, 2.45) is 5.92 Å². The molecule has 184 valence electrons. The average Bonchev–Trinajstić information content (AvgIpc) is 3.43. The maximum absolute atomic E-state index is 12.6. The number of thiazole rings is 1. The Balaban J connectivity index is 1.32. The fourth-order valence-electron chi connectivity index (χ4n) is 4.31. The second kappa shape index (κ2) is 10.7. The molecule has 0 radical (unpaired) electrons. The molecule has 35 heavy (non-hydrogen) atoms. The van der Waals surface area contributed by atoms with Gasteiger partial charge in [-0.3, -0.25) is 0 Å². The van der Waals surface area contributed by atoms with E-state index in [2.05, 4.69) is 68.9 Å². The normalized spacial score (nSPS) is 13.8. The molecule has 1 aliphatic carbocycles. The van der Waals surface area contributed by atoms with Gasteiger partial charge >= 0.3 is 145 Å². The van der Waals surface area contributed by atoms with E-state index in [9.17, 15) is 9.59 Å². The Bertz CT molecular complexity index is 1170. The van der Waals surface area contributed by atoms with Crippen molar-refractivity contribution in [3.8, 4) is 11.1 Å². The summed E-state index contributed by atoms with van der Waals surface area (Å²) in [6.07, 6.45) is -0.596. The summed E-state index contributed by atoms with van der Waals surface area (Å²) >= 11 is -0.660. The van der Waals surface area contributed by atoms with Gasteiger partial charge in [0.2, 0.25) is 0 Å². The number of nitrogens with zero attached hydrogens (tertiary/aromatic N) is 1. The second-order valence-electron chi connectivity index (χ2n) is 10.3. The Labute approximate surface area is 215 Å². The van der Waals surface area contributed by atoms with Crippen molar-refractivity contribution in [3.63, 3.8) is 0 Å². The summed E-state index contributed by atoms with van der Waals surface area (Å²) in [6.45, 7) is 4.20. The van der Waals surface area contributed by atoms with Crippen molar-refractivity contribution in [1.29, 1.82) is 0 Å². The number of hydrogen-bond donors (Lipinski definition) is 2. The van der Waals surface area contributed by atoms with E-state index in [1.807, 2.05) is 24.3 Å². The van der Waals surface area contributed by atoms with Crippen molar-refractivity contribution in [3.05, 3.63) is 70.0 Å². The number of aromatic nitrogens is 1. The van der Waals surface area contributed by atoms with E-state index >= 15 is 0 Å². The number of hydrogen-bond acceptors (Lipinski definition) is 5. The van der Waals surface area contributed by atoms with Crippen LogP contribution in [-0.2, 0) is 9.53 Å². The number of carbonyl (C=O) groups is 2. The number of benzene rings is 2. The van der Waals surface area contributed by atoms with Crippen molar-refractivity contribution in [2.45, 2.75) is 40.6 Å². The monoisotopic (exact) mass is 599 g/mol. The van der Waals surface area contributed by atoms with E-state index in [1.165, 1.54) is 14.8 Å². The number of nitrogens with one attached hydrogen (secondary N) is 2. The molecule has 0 fully saturated rings. The van der Waals surface area contributed by atoms with Crippen LogP contribution in [0.25, 0.3) is 11.1 Å². The van der Waals surface area contributed by atoms with Crippen LogP contribution in [0.3, 0.4) is 0 Å². The first-order chi connectivity index (χ1) is 16.6. The summed E-state index contributed by atoms with van der Waals surface area (Å²) in [6, 6.07) is 16.2. The van der Waals surface area contributed by atoms with Crippen molar-refractivity contribution >= 4 is 45.4 Å². The van der Waals surface area contributed by atoms with E-state index in [0.29, 0.717) is 0 Å². The summed E-state index contributed by atoms with van der Waals surface area (Å²) < 4.78 is 6.75. The molecule has 0 aliphatic heterocycles. The third kappa shape index (κ3) is 5.89. The number of carbonyl (C=O) groups excluding carboxylic acids is 2. The Morgan fingerprint density at radius 2 is 1.63 bits per heavy atom. The van der Waals surface area contributed by atoms with Gasteiger partial charge in [-0.2, -0.15) is 0 Å². The van der Waals surface area contributed by atoms with Crippen molar-refractivity contribution in [2.75, 3.05) is 13.2 Å². The molecule has 0 saturated carbocycles. The molecule has 1 aliphatic rings. The molecule has 2 N–H and O–H groups in total. The van der Waals surface area contributed by atoms with Crippen LogP contribution < -0.4 is 14.3 Å². The van der Waals surface area contributed by atoms with Crippen molar-refractivity contribution in [1.82, 2.24) is 15.6 Å². The van der Waals surface area contributed by atoms with Crippen molar-refractivity contribution < 1.29 is 14.3 Å². The van der Waals surface area contributed by atoms with E-state index in [1.54, 1.807) is 11.3 Å². The molecule has 0 bridgehead atoms. The zero-order valence-corrected chi connectivity index (χ0v) is 24.6. The quantitative estimate of drug-likeness (QED) is 0.357. The van der Waals surface area contributed by atoms with Crippen LogP contribution in [0.1, 0.15) is 41.9 Å². The first kappa shape index (κ1) is 25.7. The van der Waals surface area contributed by atoms with Gasteiger partial charge < -0.3 is 0 Å². The van der Waals surface area contributed by atoms with Crippen LogP contribution in [-0.4, -0.2) is 48.5 Å². The molecule has 2 aromatic carbocycles. The SMILES string of the molecule is CC(C)[C@H](NC(=O)CNC(=O)OCC1c2ccccc2-c2ccccc21)c1n[c]([Sn]([CH3])([CH3])[CH3])cs1. The summed E-state index contributed by atoms with van der Waals surface area (Å²) in [4.78, 5) is 36.9. The Hall–Kier alpha value is -2.39. The third-order valence-electron chi connectivity index (χ3n) is 6.28. The molecular weight excluding hydrogens is 565 g/mol. The predicted octanol–water partition coefficient (Wildman–Crippen LogP) is 5.04. The zero-order chi connectivity index (χ0) is 25.2. The van der Waals surface area contributed by atoms with Gasteiger partial charge in [-0.05, 0) is 22.3 Å². The van der Waals surface area contributed by atoms with E-state index in [4.69, 9.17) is 9.72 Å². The molecule has 0 saturated heterocycles. The van der Waals surface area contributed by atoms with Crippen LogP contribution in [0.15, 0.2) is 53.9 Å². The van der Waals surface area contributed by atoms with E-state index < -0.39 is 24.5 Å². The van der Waals surface area contributed by atoms with Gasteiger partial charge in [0.1, 0.15) is 0 Å². The molecule has 2 amide bonds. The maximum atomic E-state index is 12.6. The fourth-order valence-corrected chi connectivity index (χ4v) is 10.6. The molecule has 1 heterocycles. The van der Waals surface area contributed by atoms with Crippen LogP contribution in [0.2, 0.25) is 14.8 Å².